The monoisotopic (exact) mass is 492 g/mol. The number of hydrogen-bond donors (Lipinski definition) is 3. The number of piperazine rings is 1. The second-order valence-electron chi connectivity index (χ2n) is 8.00. The van der Waals surface area contributed by atoms with Crippen molar-refractivity contribution in [1.29, 1.82) is 0 Å². The molecule has 9 heteroatoms. The minimum absolute atomic E-state index is 0.245. The molecule has 2 heterocycles. The van der Waals surface area contributed by atoms with Gasteiger partial charge in [0.05, 0.1) is 19.4 Å². The summed E-state index contributed by atoms with van der Waals surface area (Å²) >= 11 is 8.14. The molecule has 0 aliphatic carbocycles. The molecular formula is C24H29ClN2O5S. The van der Waals surface area contributed by atoms with Gasteiger partial charge in [0.15, 0.2) is 0 Å². The largest absolute Gasteiger partial charge is 0.481 e. The average molecular weight is 493 g/mol. The number of carbonyl (C=O) groups is 2. The fraction of sp³-hybridized carbons (Fsp3) is 0.417. The molecule has 33 heavy (non-hydrogen) atoms. The van der Waals surface area contributed by atoms with Gasteiger partial charge in [0.25, 0.3) is 0 Å². The van der Waals surface area contributed by atoms with Gasteiger partial charge in [-0.25, -0.2) is 0 Å². The van der Waals surface area contributed by atoms with Gasteiger partial charge in [-0.2, -0.15) is 0 Å². The summed E-state index contributed by atoms with van der Waals surface area (Å²) in [5.41, 5.74) is 2.77. The molecule has 178 valence electrons. The summed E-state index contributed by atoms with van der Waals surface area (Å²) in [5, 5.41) is 25.8. The molecular weight excluding hydrogens is 464 g/mol. The van der Waals surface area contributed by atoms with Crippen molar-refractivity contribution >= 4 is 35.3 Å². The summed E-state index contributed by atoms with van der Waals surface area (Å²) in [7, 11) is 0. The number of nitrogens with zero attached hydrogens (tertiary/aromatic N) is 2. The van der Waals surface area contributed by atoms with Crippen LogP contribution in [0, 0.1) is 0 Å². The van der Waals surface area contributed by atoms with Gasteiger partial charge in [-0.05, 0) is 41.8 Å². The summed E-state index contributed by atoms with van der Waals surface area (Å²) in [6.07, 6.45) is 0.407. The molecule has 2 aliphatic heterocycles. The Morgan fingerprint density at radius 2 is 1.64 bits per heavy atom. The van der Waals surface area contributed by atoms with E-state index in [1.807, 2.05) is 17.8 Å². The number of aliphatic carboxylic acids is 2. The number of fused-ring (bicyclic) bond motifs is 2. The first-order chi connectivity index (χ1) is 15.9. The van der Waals surface area contributed by atoms with Crippen molar-refractivity contribution < 1.29 is 24.9 Å². The summed E-state index contributed by atoms with van der Waals surface area (Å²) in [6.45, 7) is 5.15. The first-order valence-corrected chi connectivity index (χ1v) is 12.1. The van der Waals surface area contributed by atoms with Gasteiger partial charge in [-0.1, -0.05) is 41.6 Å². The van der Waals surface area contributed by atoms with Crippen LogP contribution < -0.4 is 0 Å². The van der Waals surface area contributed by atoms with Gasteiger partial charge in [0, 0.05) is 53.6 Å². The molecule has 0 amide bonds. The van der Waals surface area contributed by atoms with Crippen LogP contribution in [0.4, 0.5) is 0 Å². The molecule has 2 aliphatic rings. The second-order valence-corrected chi connectivity index (χ2v) is 9.52. The third-order valence-electron chi connectivity index (χ3n) is 5.75. The average Bonchev–Trinajstić information content (AvgIpc) is 2.95. The fourth-order valence-corrected chi connectivity index (χ4v) is 5.38. The highest BCUT2D eigenvalue weighted by atomic mass is 35.5. The molecule has 0 bridgehead atoms. The minimum Gasteiger partial charge on any atom is -0.481 e. The zero-order valence-corrected chi connectivity index (χ0v) is 19.9. The third kappa shape index (κ3) is 7.45. The summed E-state index contributed by atoms with van der Waals surface area (Å²) in [5.74, 6) is -2.15. The van der Waals surface area contributed by atoms with E-state index in [4.69, 9.17) is 26.9 Å². The van der Waals surface area contributed by atoms with Gasteiger partial charge in [-0.3, -0.25) is 19.4 Å². The zero-order chi connectivity index (χ0) is 23.8. The van der Waals surface area contributed by atoms with Crippen LogP contribution in [0.2, 0.25) is 5.02 Å². The van der Waals surface area contributed by atoms with Crippen LogP contribution in [0.25, 0.3) is 0 Å². The molecule has 4 rings (SSSR count). The number of hydrogen-bond acceptors (Lipinski definition) is 6. The lowest BCUT2D eigenvalue weighted by atomic mass is 9.96. The Hall–Kier alpha value is -2.10. The third-order valence-corrected chi connectivity index (χ3v) is 7.20. The summed E-state index contributed by atoms with van der Waals surface area (Å²) < 4.78 is 0. The fourth-order valence-electron chi connectivity index (χ4n) is 4.07. The molecule has 0 spiro atoms. The first-order valence-electron chi connectivity index (χ1n) is 10.9. The number of carboxylic acids is 2. The summed E-state index contributed by atoms with van der Waals surface area (Å²) in [4.78, 5) is 26.9. The van der Waals surface area contributed by atoms with Crippen molar-refractivity contribution in [3.63, 3.8) is 0 Å². The molecule has 2 aromatic rings. The van der Waals surface area contributed by atoms with Crippen molar-refractivity contribution in [2.75, 3.05) is 39.3 Å². The molecule has 7 nitrogen and oxygen atoms in total. The highest BCUT2D eigenvalue weighted by Gasteiger charge is 2.29. The van der Waals surface area contributed by atoms with Crippen LogP contribution in [0.15, 0.2) is 52.3 Å². The molecule has 0 aromatic heterocycles. The van der Waals surface area contributed by atoms with Crippen LogP contribution >= 0.6 is 23.4 Å². The SMILES string of the molecule is O=C(O)CCC(=O)O.OCCN1CCN(C2Cc3cc(Cl)ccc3Sc3ccccc32)CC1. The van der Waals surface area contributed by atoms with E-state index in [2.05, 4.69) is 46.2 Å². The highest BCUT2D eigenvalue weighted by Crippen LogP contribution is 2.43. The number of β-amino-alcohol motifs (C(OH)–C–C–N with tert-alkyl or cyclic N) is 1. The van der Waals surface area contributed by atoms with E-state index in [-0.39, 0.29) is 19.4 Å². The van der Waals surface area contributed by atoms with Crippen molar-refractivity contribution in [2.24, 2.45) is 0 Å². The summed E-state index contributed by atoms with van der Waals surface area (Å²) in [6, 6.07) is 15.5. The van der Waals surface area contributed by atoms with Crippen molar-refractivity contribution in [3.05, 3.63) is 58.6 Å². The number of benzene rings is 2. The van der Waals surface area contributed by atoms with Gasteiger partial charge < -0.3 is 15.3 Å². The molecule has 1 fully saturated rings. The molecule has 1 unspecified atom stereocenters. The predicted molar refractivity (Wildman–Crippen MR) is 128 cm³/mol. The number of aliphatic hydroxyl groups excluding tert-OH is 1. The zero-order valence-electron chi connectivity index (χ0n) is 18.3. The normalized spacial score (nSPS) is 18.3. The Labute approximate surface area is 203 Å². The lowest BCUT2D eigenvalue weighted by Gasteiger charge is -2.39. The van der Waals surface area contributed by atoms with Crippen LogP contribution in [0.5, 0.6) is 0 Å². The molecule has 2 aromatic carbocycles. The smallest absolute Gasteiger partial charge is 0.303 e. The van der Waals surface area contributed by atoms with Gasteiger partial charge in [-0.15, -0.1) is 0 Å². The van der Waals surface area contributed by atoms with Crippen LogP contribution in [0.1, 0.15) is 30.0 Å². The lowest BCUT2D eigenvalue weighted by molar-refractivity contribution is -0.143. The van der Waals surface area contributed by atoms with E-state index >= 15 is 0 Å². The van der Waals surface area contributed by atoms with E-state index in [9.17, 15) is 9.59 Å². The molecule has 3 N–H and O–H groups in total. The first kappa shape index (κ1) is 25.5. The van der Waals surface area contributed by atoms with E-state index < -0.39 is 11.9 Å². The quantitative estimate of drug-likeness (QED) is 0.562. The highest BCUT2D eigenvalue weighted by molar-refractivity contribution is 7.99. The Balaban J connectivity index is 0.000000331. The Morgan fingerprint density at radius 3 is 2.27 bits per heavy atom. The predicted octanol–water partition coefficient (Wildman–Crippen LogP) is 3.63. The molecule has 0 saturated carbocycles. The van der Waals surface area contributed by atoms with Crippen molar-refractivity contribution in [1.82, 2.24) is 9.80 Å². The van der Waals surface area contributed by atoms with Crippen LogP contribution in [0.3, 0.4) is 0 Å². The van der Waals surface area contributed by atoms with Gasteiger partial charge in [0.2, 0.25) is 0 Å². The minimum atomic E-state index is -1.08. The maximum atomic E-state index is 9.64. The number of halogens is 1. The Kier molecular flexibility index (Phi) is 9.58. The van der Waals surface area contributed by atoms with Crippen LogP contribution in [-0.4, -0.2) is 76.4 Å². The van der Waals surface area contributed by atoms with Crippen molar-refractivity contribution in [3.8, 4) is 0 Å². The molecule has 0 radical (unpaired) electrons. The molecule has 1 saturated heterocycles. The standard InChI is InChI=1S/C20H23ClN2OS.C4H6O4/c21-16-5-6-19-15(13-16)14-18(17-3-1-2-4-20(17)25-19)23-9-7-22(8-10-23)11-12-24;5-3(6)1-2-4(7)8/h1-6,13,18,24H,7-12,14H2;1-2H2,(H,5,6)(H,7,8). The number of rotatable bonds is 6. The van der Waals surface area contributed by atoms with E-state index in [1.165, 1.54) is 20.9 Å². The Morgan fingerprint density at radius 1 is 0.970 bits per heavy atom. The van der Waals surface area contributed by atoms with Gasteiger partial charge >= 0.3 is 11.9 Å². The topological polar surface area (TPSA) is 101 Å². The Bertz CT molecular complexity index is 952. The lowest BCUT2D eigenvalue weighted by Crippen LogP contribution is -2.48. The second kappa shape index (κ2) is 12.4. The van der Waals surface area contributed by atoms with Crippen molar-refractivity contribution in [2.45, 2.75) is 35.1 Å². The van der Waals surface area contributed by atoms with E-state index in [0.29, 0.717) is 6.04 Å². The van der Waals surface area contributed by atoms with Crippen LogP contribution in [-0.2, 0) is 16.0 Å². The number of aliphatic hydroxyl groups is 1. The molecule has 1 atom stereocenters. The maximum absolute atomic E-state index is 9.64. The number of carboxylic acid groups (broad SMARTS) is 2. The van der Waals surface area contributed by atoms with E-state index in [1.54, 1.807) is 0 Å². The maximum Gasteiger partial charge on any atom is 0.303 e. The van der Waals surface area contributed by atoms with E-state index in [0.717, 1.165) is 44.2 Å². The van der Waals surface area contributed by atoms with Gasteiger partial charge in [0.1, 0.15) is 0 Å².